The Morgan fingerprint density at radius 2 is 1.52 bits per heavy atom. The summed E-state index contributed by atoms with van der Waals surface area (Å²) in [6.07, 6.45) is 1.74. The first-order chi connectivity index (χ1) is 15.3. The molecule has 0 spiro atoms. The van der Waals surface area contributed by atoms with Crippen molar-refractivity contribution in [1.29, 1.82) is 0 Å². The Morgan fingerprint density at radius 3 is 2.23 bits per heavy atom. The van der Waals surface area contributed by atoms with E-state index in [1.807, 2.05) is 0 Å². The number of hydrogen-bond acceptors (Lipinski definition) is 2. The van der Waals surface area contributed by atoms with Gasteiger partial charge in [-0.05, 0) is 35.6 Å². The molecule has 31 heavy (non-hydrogen) atoms. The minimum Gasteiger partial charge on any atom is -0.391 e. The number of para-hydroxylation sites is 1. The molecule has 2 bridgehead atoms. The molecule has 2 aliphatic rings. The Balaban J connectivity index is 1.35. The number of hydrogen-bond donors (Lipinski definition) is 2. The van der Waals surface area contributed by atoms with Gasteiger partial charge >= 0.3 is 0 Å². The van der Waals surface area contributed by atoms with Gasteiger partial charge in [0.25, 0.3) is 0 Å². The molecule has 4 aromatic rings. The van der Waals surface area contributed by atoms with E-state index in [1.54, 1.807) is 0 Å². The first-order valence-corrected chi connectivity index (χ1v) is 11.4. The fraction of sp³-hybridized carbons (Fsp3) is 0.286. The predicted octanol–water partition coefficient (Wildman–Crippen LogP) is 5.07. The summed E-state index contributed by atoms with van der Waals surface area (Å²) in [6, 6.07) is 30.7. The number of benzene rings is 3. The van der Waals surface area contributed by atoms with Crippen LogP contribution in [0.25, 0.3) is 10.9 Å². The molecule has 1 aliphatic carbocycles. The highest BCUT2D eigenvalue weighted by atomic mass is 16.3. The molecule has 1 fully saturated rings. The number of aliphatic hydroxyl groups excluding tert-OH is 1. The number of fused-ring (bicyclic) bond motifs is 6. The molecule has 3 atom stereocenters. The molecule has 3 nitrogen and oxygen atoms in total. The Hall–Kier alpha value is -2.88. The lowest BCUT2D eigenvalue weighted by Gasteiger charge is -2.46. The minimum atomic E-state index is -0.337. The number of piperidine rings is 1. The predicted molar refractivity (Wildman–Crippen MR) is 125 cm³/mol. The van der Waals surface area contributed by atoms with E-state index in [9.17, 15) is 5.11 Å². The summed E-state index contributed by atoms with van der Waals surface area (Å²) in [7, 11) is 0. The lowest BCUT2D eigenvalue weighted by molar-refractivity contribution is 0.00846. The van der Waals surface area contributed by atoms with Crippen LogP contribution in [0.4, 0.5) is 0 Å². The van der Waals surface area contributed by atoms with Crippen molar-refractivity contribution in [3.63, 3.8) is 0 Å². The largest absolute Gasteiger partial charge is 0.391 e. The fourth-order valence-corrected chi connectivity index (χ4v) is 5.86. The van der Waals surface area contributed by atoms with E-state index >= 15 is 0 Å². The van der Waals surface area contributed by atoms with E-state index in [1.165, 1.54) is 33.3 Å². The number of nitrogens with zero attached hydrogens (tertiary/aromatic N) is 1. The normalized spacial score (nSPS) is 23.2. The third kappa shape index (κ3) is 3.29. The summed E-state index contributed by atoms with van der Waals surface area (Å²) in [5.41, 5.74) is 6.57. The van der Waals surface area contributed by atoms with E-state index in [4.69, 9.17) is 0 Å². The third-order valence-corrected chi connectivity index (χ3v) is 7.41. The molecule has 2 N–H and O–H groups in total. The van der Waals surface area contributed by atoms with Crippen LogP contribution < -0.4 is 0 Å². The highest BCUT2D eigenvalue weighted by Crippen LogP contribution is 2.43. The highest BCUT2D eigenvalue weighted by Gasteiger charge is 2.42. The van der Waals surface area contributed by atoms with Crippen molar-refractivity contribution in [3.05, 3.63) is 107 Å². The molecule has 3 aromatic carbocycles. The Morgan fingerprint density at radius 1 is 0.871 bits per heavy atom. The maximum absolute atomic E-state index is 11.2. The Bertz CT molecular complexity index is 1140. The summed E-state index contributed by atoms with van der Waals surface area (Å²) in [5.74, 6) is 0.514. The Kier molecular flexibility index (Phi) is 4.66. The Labute approximate surface area is 183 Å². The highest BCUT2D eigenvalue weighted by molar-refractivity contribution is 5.85. The maximum Gasteiger partial charge on any atom is 0.0750 e. The molecule has 0 unspecified atom stereocenters. The van der Waals surface area contributed by atoms with Crippen LogP contribution in [-0.2, 0) is 6.42 Å². The molecule has 0 amide bonds. The van der Waals surface area contributed by atoms with Crippen molar-refractivity contribution >= 4 is 10.9 Å². The number of rotatable bonds is 4. The summed E-state index contributed by atoms with van der Waals surface area (Å²) in [5, 5.41) is 12.5. The monoisotopic (exact) mass is 408 g/mol. The van der Waals surface area contributed by atoms with Crippen LogP contribution in [0.1, 0.15) is 40.6 Å². The number of H-pyrrole nitrogens is 1. The van der Waals surface area contributed by atoms with Gasteiger partial charge < -0.3 is 10.1 Å². The zero-order valence-corrected chi connectivity index (χ0v) is 17.6. The zero-order valence-electron chi connectivity index (χ0n) is 17.6. The van der Waals surface area contributed by atoms with Crippen molar-refractivity contribution in [2.75, 3.05) is 13.1 Å². The summed E-state index contributed by atoms with van der Waals surface area (Å²) in [6.45, 7) is 1.67. The molecular weight excluding hydrogens is 380 g/mol. The van der Waals surface area contributed by atoms with Crippen molar-refractivity contribution < 1.29 is 5.11 Å². The van der Waals surface area contributed by atoms with Gasteiger partial charge in [-0.25, -0.2) is 0 Å². The van der Waals surface area contributed by atoms with Crippen molar-refractivity contribution in [1.82, 2.24) is 9.88 Å². The van der Waals surface area contributed by atoms with Crippen LogP contribution in [0.5, 0.6) is 0 Å². The fourth-order valence-electron chi connectivity index (χ4n) is 5.86. The number of aliphatic hydroxyl groups is 1. The smallest absolute Gasteiger partial charge is 0.0750 e. The average molecular weight is 409 g/mol. The van der Waals surface area contributed by atoms with Crippen LogP contribution in [0.3, 0.4) is 0 Å². The van der Waals surface area contributed by atoms with Crippen molar-refractivity contribution in [2.24, 2.45) is 0 Å². The summed E-state index contributed by atoms with van der Waals surface area (Å²) >= 11 is 0. The molecule has 2 heterocycles. The molecule has 0 radical (unpaired) electrons. The number of β-amino-alcohol motifs (C(OH)–C–C–N with tert-alkyl or cyclic N) is 1. The van der Waals surface area contributed by atoms with E-state index in [0.29, 0.717) is 12.0 Å². The van der Waals surface area contributed by atoms with Gasteiger partial charge in [0.2, 0.25) is 0 Å². The van der Waals surface area contributed by atoms with Gasteiger partial charge in [-0.1, -0.05) is 78.9 Å². The molecular formula is C28H28N2O. The van der Waals surface area contributed by atoms with Gasteiger partial charge in [0.1, 0.15) is 0 Å². The third-order valence-electron chi connectivity index (χ3n) is 7.41. The molecule has 1 aliphatic heterocycles. The lowest BCUT2D eigenvalue weighted by atomic mass is 9.76. The second-order valence-electron chi connectivity index (χ2n) is 9.16. The minimum absolute atomic E-state index is 0.212. The number of likely N-dealkylation sites (tertiary alicyclic amines) is 1. The summed E-state index contributed by atoms with van der Waals surface area (Å²) < 4.78 is 0. The SMILES string of the molecule is O[C@@H]1CN(CC(c2ccccc2)c2ccccc2)[C@H]2Cc3c([nH]c4ccccc34)[C@@H]1C2. The van der Waals surface area contributed by atoms with Crippen LogP contribution in [-0.4, -0.2) is 40.2 Å². The second-order valence-corrected chi connectivity index (χ2v) is 9.16. The maximum atomic E-state index is 11.2. The molecule has 1 saturated heterocycles. The number of aromatic amines is 1. The average Bonchev–Trinajstić information content (AvgIpc) is 3.20. The molecule has 1 aromatic heterocycles. The van der Waals surface area contributed by atoms with E-state index < -0.39 is 0 Å². The quantitative estimate of drug-likeness (QED) is 0.495. The van der Waals surface area contributed by atoms with Gasteiger partial charge in [0, 0.05) is 47.6 Å². The van der Waals surface area contributed by atoms with Crippen LogP contribution in [0, 0.1) is 0 Å². The van der Waals surface area contributed by atoms with Gasteiger partial charge in [-0.3, -0.25) is 4.90 Å². The van der Waals surface area contributed by atoms with Crippen molar-refractivity contribution in [2.45, 2.75) is 36.8 Å². The van der Waals surface area contributed by atoms with Crippen LogP contribution >= 0.6 is 0 Å². The topological polar surface area (TPSA) is 39.3 Å². The van der Waals surface area contributed by atoms with Crippen LogP contribution in [0.2, 0.25) is 0 Å². The van der Waals surface area contributed by atoms with Crippen LogP contribution in [0.15, 0.2) is 84.9 Å². The lowest BCUT2D eigenvalue weighted by Crippen LogP contribution is -2.53. The summed E-state index contributed by atoms with van der Waals surface area (Å²) in [4.78, 5) is 6.18. The van der Waals surface area contributed by atoms with Gasteiger partial charge in [-0.2, -0.15) is 0 Å². The van der Waals surface area contributed by atoms with Gasteiger partial charge in [0.15, 0.2) is 0 Å². The van der Waals surface area contributed by atoms with Gasteiger partial charge in [0.05, 0.1) is 6.10 Å². The second kappa shape index (κ2) is 7.67. The van der Waals surface area contributed by atoms with E-state index in [-0.39, 0.29) is 12.0 Å². The van der Waals surface area contributed by atoms with Gasteiger partial charge in [-0.15, -0.1) is 0 Å². The number of aromatic nitrogens is 1. The van der Waals surface area contributed by atoms with E-state index in [2.05, 4.69) is 94.8 Å². The number of nitrogens with one attached hydrogen (secondary N) is 1. The van der Waals surface area contributed by atoms with Crippen molar-refractivity contribution in [3.8, 4) is 0 Å². The zero-order chi connectivity index (χ0) is 20.8. The first-order valence-electron chi connectivity index (χ1n) is 11.4. The van der Waals surface area contributed by atoms with E-state index in [0.717, 1.165) is 25.9 Å². The standard InChI is InChI=1S/C28H28N2O/c31-27-18-30(17-25(19-9-3-1-4-10-19)20-11-5-2-6-12-20)21-15-23-22-13-7-8-14-26(22)29-28(23)24(27)16-21/h1-14,21,24-25,27,29,31H,15-18H2/t21-,24+,27+/m0/s1. The molecule has 0 saturated carbocycles. The molecule has 3 heteroatoms. The molecule has 6 rings (SSSR count). The first kappa shape index (κ1) is 18.9. The molecule has 156 valence electrons.